The first-order chi connectivity index (χ1) is 6.83. The maximum absolute atomic E-state index is 12.0. The number of hydrogen-bond acceptors (Lipinski definition) is 3. The van der Waals surface area contributed by atoms with Crippen LogP contribution < -0.4 is 0 Å². The summed E-state index contributed by atoms with van der Waals surface area (Å²) in [5.41, 5.74) is -0.653. The Labute approximate surface area is 90.5 Å². The van der Waals surface area contributed by atoms with E-state index in [9.17, 15) is 14.7 Å². The maximum Gasteiger partial charge on any atom is 0.384 e. The Kier molecular flexibility index (Phi) is 3.31. The van der Waals surface area contributed by atoms with Crippen LogP contribution in [0, 0.1) is 5.41 Å². The van der Waals surface area contributed by atoms with Crippen LogP contribution in [-0.4, -0.2) is 41.1 Å². The Balaban J connectivity index is 2.87. The normalized spacial score (nSPS) is 20.3. The lowest BCUT2D eigenvalue weighted by Gasteiger charge is -2.30. The third-order valence-corrected chi connectivity index (χ3v) is 3.00. The first kappa shape index (κ1) is 12.3. The summed E-state index contributed by atoms with van der Waals surface area (Å²) >= 11 is 0. The zero-order valence-electron chi connectivity index (χ0n) is 9.75. The number of hydrogen-bond donors (Lipinski definition) is 1. The molecule has 1 N–H and O–H groups in total. The molecule has 1 fully saturated rings. The molecule has 0 spiro atoms. The topological polar surface area (TPSA) is 54.4 Å². The summed E-state index contributed by atoms with van der Waals surface area (Å²) in [6.07, 6.45) is 1.81. The fourth-order valence-electron chi connectivity index (χ4n) is 1.89. The second kappa shape index (κ2) is 4.02. The molecule has 4 nitrogen and oxygen atoms in total. The number of carbonyl (C=O) groups excluding carboxylic acids is 2. The van der Waals surface area contributed by atoms with Crippen molar-refractivity contribution in [2.75, 3.05) is 19.8 Å². The number of amides is 1. The molecule has 1 amide bonds. The SMILES string of the molecule is CC(C)(C)C(=O)C(=O)[N+]1(CO)CCCC1. The number of Topliss-reactive ketones (excluding diaryl/α,β-unsaturated/α-hetero) is 1. The molecular formula is C11H20NO3+. The highest BCUT2D eigenvalue weighted by molar-refractivity contribution is 6.35. The molecule has 0 aromatic heterocycles. The van der Waals surface area contributed by atoms with Crippen molar-refractivity contribution in [2.24, 2.45) is 5.41 Å². The summed E-state index contributed by atoms with van der Waals surface area (Å²) in [6.45, 7) is 6.14. The molecule has 0 aliphatic carbocycles. The highest BCUT2D eigenvalue weighted by Crippen LogP contribution is 2.24. The standard InChI is InChI=1S/C11H20NO3/c1-11(2,3)9(14)10(15)12(8-13)6-4-5-7-12/h13H,4-8H2,1-3H3/q+1. The van der Waals surface area contributed by atoms with E-state index in [0.717, 1.165) is 12.8 Å². The highest BCUT2D eigenvalue weighted by atomic mass is 16.3. The predicted octanol–water partition coefficient (Wildman–Crippen LogP) is 0.689. The molecule has 1 aliphatic heterocycles. The van der Waals surface area contributed by atoms with Gasteiger partial charge >= 0.3 is 5.91 Å². The van der Waals surface area contributed by atoms with E-state index < -0.39 is 11.3 Å². The third kappa shape index (κ3) is 2.26. The van der Waals surface area contributed by atoms with Crippen LogP contribution in [0.25, 0.3) is 0 Å². The number of nitrogens with zero attached hydrogens (tertiary/aromatic N) is 1. The van der Waals surface area contributed by atoms with E-state index >= 15 is 0 Å². The van der Waals surface area contributed by atoms with E-state index in [1.807, 2.05) is 0 Å². The zero-order chi connectivity index (χ0) is 11.7. The molecule has 0 radical (unpaired) electrons. The van der Waals surface area contributed by atoms with Gasteiger partial charge in [-0.15, -0.1) is 0 Å². The second-order valence-electron chi connectivity index (χ2n) is 5.33. The Bertz CT molecular complexity index is 272. The highest BCUT2D eigenvalue weighted by Gasteiger charge is 2.46. The van der Waals surface area contributed by atoms with Crippen molar-refractivity contribution in [2.45, 2.75) is 33.6 Å². The minimum absolute atomic E-state index is 0.0594. The van der Waals surface area contributed by atoms with Gasteiger partial charge in [-0.3, -0.25) is 4.79 Å². The van der Waals surface area contributed by atoms with Crippen molar-refractivity contribution in [1.29, 1.82) is 0 Å². The molecule has 1 rings (SSSR count). The van der Waals surface area contributed by atoms with Gasteiger partial charge in [0.25, 0.3) is 5.78 Å². The Morgan fingerprint density at radius 3 is 2.00 bits per heavy atom. The van der Waals surface area contributed by atoms with Crippen molar-refractivity contribution < 1.29 is 19.2 Å². The number of ketones is 1. The summed E-state index contributed by atoms with van der Waals surface area (Å²) in [6, 6.07) is 0. The fourth-order valence-corrected chi connectivity index (χ4v) is 1.89. The lowest BCUT2D eigenvalue weighted by Crippen LogP contribution is -2.56. The predicted molar refractivity (Wildman–Crippen MR) is 55.8 cm³/mol. The molecule has 0 saturated carbocycles. The Morgan fingerprint density at radius 2 is 1.67 bits per heavy atom. The Hall–Kier alpha value is -0.740. The number of carbonyl (C=O) groups is 2. The molecule has 1 heterocycles. The molecule has 15 heavy (non-hydrogen) atoms. The van der Waals surface area contributed by atoms with Crippen molar-refractivity contribution in [3.05, 3.63) is 0 Å². The van der Waals surface area contributed by atoms with Gasteiger partial charge < -0.3 is 5.11 Å². The number of aliphatic hydroxyl groups is 1. The van der Waals surface area contributed by atoms with Crippen LogP contribution in [0.2, 0.25) is 0 Å². The van der Waals surface area contributed by atoms with Gasteiger partial charge in [-0.1, -0.05) is 20.8 Å². The minimum Gasteiger partial charge on any atom is -0.347 e. The van der Waals surface area contributed by atoms with Crippen molar-refractivity contribution in [3.8, 4) is 0 Å². The van der Waals surface area contributed by atoms with Gasteiger partial charge in [-0.05, 0) is 0 Å². The largest absolute Gasteiger partial charge is 0.384 e. The van der Waals surface area contributed by atoms with E-state index in [1.54, 1.807) is 20.8 Å². The summed E-state index contributed by atoms with van der Waals surface area (Å²) in [5, 5.41) is 9.30. The molecule has 4 heteroatoms. The van der Waals surface area contributed by atoms with Crippen molar-refractivity contribution >= 4 is 11.7 Å². The summed E-state index contributed by atoms with van der Waals surface area (Å²) < 4.78 is -0.0594. The first-order valence-corrected chi connectivity index (χ1v) is 5.40. The fraction of sp³-hybridized carbons (Fsp3) is 0.818. The quantitative estimate of drug-likeness (QED) is 0.543. The Morgan fingerprint density at radius 1 is 1.20 bits per heavy atom. The molecular weight excluding hydrogens is 194 g/mol. The lowest BCUT2D eigenvalue weighted by molar-refractivity contribution is -0.858. The molecule has 0 aromatic carbocycles. The van der Waals surface area contributed by atoms with Crippen LogP contribution in [0.5, 0.6) is 0 Å². The van der Waals surface area contributed by atoms with Gasteiger partial charge in [0.1, 0.15) is 0 Å². The summed E-state index contributed by atoms with van der Waals surface area (Å²) in [7, 11) is 0. The molecule has 0 bridgehead atoms. The van der Waals surface area contributed by atoms with Crippen LogP contribution in [0.1, 0.15) is 33.6 Å². The molecule has 86 valence electrons. The molecule has 0 aromatic rings. The molecule has 0 unspecified atom stereocenters. The van der Waals surface area contributed by atoms with Gasteiger partial charge in [0.15, 0.2) is 6.73 Å². The van der Waals surface area contributed by atoms with E-state index in [1.165, 1.54) is 0 Å². The molecule has 0 atom stereocenters. The van der Waals surface area contributed by atoms with Crippen LogP contribution in [0.3, 0.4) is 0 Å². The first-order valence-electron chi connectivity index (χ1n) is 5.40. The third-order valence-electron chi connectivity index (χ3n) is 3.00. The van der Waals surface area contributed by atoms with Gasteiger partial charge in [0.05, 0.1) is 13.1 Å². The van der Waals surface area contributed by atoms with Crippen molar-refractivity contribution in [3.63, 3.8) is 0 Å². The van der Waals surface area contributed by atoms with Crippen LogP contribution in [-0.2, 0) is 9.59 Å². The summed E-state index contributed by atoms with van der Waals surface area (Å²) in [4.78, 5) is 23.8. The van der Waals surface area contributed by atoms with Crippen LogP contribution in [0.4, 0.5) is 0 Å². The number of quaternary nitrogens is 1. The van der Waals surface area contributed by atoms with Crippen LogP contribution >= 0.6 is 0 Å². The lowest BCUT2D eigenvalue weighted by atomic mass is 9.89. The van der Waals surface area contributed by atoms with E-state index in [2.05, 4.69) is 0 Å². The van der Waals surface area contributed by atoms with Gasteiger partial charge in [-0.25, -0.2) is 9.28 Å². The monoisotopic (exact) mass is 214 g/mol. The molecule has 1 aliphatic rings. The summed E-state index contributed by atoms with van der Waals surface area (Å²) in [5.74, 6) is -0.805. The van der Waals surface area contributed by atoms with Crippen molar-refractivity contribution in [1.82, 2.24) is 0 Å². The zero-order valence-corrected chi connectivity index (χ0v) is 9.75. The smallest absolute Gasteiger partial charge is 0.347 e. The van der Waals surface area contributed by atoms with Crippen LogP contribution in [0.15, 0.2) is 0 Å². The number of rotatable bonds is 2. The average molecular weight is 214 g/mol. The van der Waals surface area contributed by atoms with E-state index in [0.29, 0.717) is 13.1 Å². The van der Waals surface area contributed by atoms with Gasteiger partial charge in [-0.2, -0.15) is 0 Å². The number of aliphatic hydroxyl groups excluding tert-OH is 1. The minimum atomic E-state index is -0.653. The maximum atomic E-state index is 12.0. The van der Waals surface area contributed by atoms with E-state index in [4.69, 9.17) is 0 Å². The second-order valence-corrected chi connectivity index (χ2v) is 5.33. The number of likely N-dealkylation sites (tertiary alicyclic amines) is 1. The van der Waals surface area contributed by atoms with Gasteiger partial charge in [0.2, 0.25) is 0 Å². The average Bonchev–Trinajstić information content (AvgIpc) is 2.63. The molecule has 1 saturated heterocycles. The van der Waals surface area contributed by atoms with E-state index in [-0.39, 0.29) is 17.0 Å². The van der Waals surface area contributed by atoms with Gasteiger partial charge in [0, 0.05) is 18.3 Å².